The van der Waals surface area contributed by atoms with Gasteiger partial charge in [0.1, 0.15) is 11.6 Å². The molecule has 0 radical (unpaired) electrons. The van der Waals surface area contributed by atoms with Crippen LogP contribution in [0.25, 0.3) is 5.65 Å². The largest absolute Gasteiger partial charge is 0.342 e. The van der Waals surface area contributed by atoms with Crippen molar-refractivity contribution in [3.63, 3.8) is 0 Å². The van der Waals surface area contributed by atoms with Crippen molar-refractivity contribution in [3.05, 3.63) is 30.2 Å². The van der Waals surface area contributed by atoms with E-state index in [1.807, 2.05) is 35.7 Å². The number of likely N-dealkylation sites (tertiary alicyclic amines) is 1. The summed E-state index contributed by atoms with van der Waals surface area (Å²) in [4.78, 5) is 14.2. The van der Waals surface area contributed by atoms with Gasteiger partial charge in [0, 0.05) is 25.7 Å². The van der Waals surface area contributed by atoms with Gasteiger partial charge in [0.25, 0.3) is 0 Å². The maximum absolute atomic E-state index is 12.5. The SMILES string of the molecule is CCCCCS(=O)(=O)CC(=O)N1CCCC(Cc2nnc3ccccn23)C1. The van der Waals surface area contributed by atoms with Gasteiger partial charge in [-0.1, -0.05) is 25.8 Å². The zero-order valence-electron chi connectivity index (χ0n) is 15.9. The summed E-state index contributed by atoms with van der Waals surface area (Å²) < 4.78 is 26.3. The third kappa shape index (κ3) is 5.28. The first-order valence-corrected chi connectivity index (χ1v) is 11.6. The first-order valence-electron chi connectivity index (χ1n) is 9.75. The van der Waals surface area contributed by atoms with Crippen molar-refractivity contribution in [1.29, 1.82) is 0 Å². The van der Waals surface area contributed by atoms with E-state index in [-0.39, 0.29) is 23.3 Å². The summed E-state index contributed by atoms with van der Waals surface area (Å²) in [5.41, 5.74) is 0.814. The number of carbonyl (C=O) groups is 1. The first-order chi connectivity index (χ1) is 13.0. The van der Waals surface area contributed by atoms with Crippen LogP contribution in [0.5, 0.6) is 0 Å². The van der Waals surface area contributed by atoms with Crippen molar-refractivity contribution in [1.82, 2.24) is 19.5 Å². The Kier molecular flexibility index (Phi) is 6.46. The molecule has 1 amide bonds. The molecule has 2 aromatic heterocycles. The average molecular weight is 393 g/mol. The second-order valence-electron chi connectivity index (χ2n) is 7.40. The highest BCUT2D eigenvalue weighted by atomic mass is 32.2. The van der Waals surface area contributed by atoms with Crippen LogP contribution in [0.1, 0.15) is 44.9 Å². The van der Waals surface area contributed by atoms with E-state index in [0.29, 0.717) is 19.5 Å². The van der Waals surface area contributed by atoms with Gasteiger partial charge in [-0.2, -0.15) is 0 Å². The van der Waals surface area contributed by atoms with Crippen LogP contribution in [-0.4, -0.2) is 58.4 Å². The molecule has 1 unspecified atom stereocenters. The zero-order valence-corrected chi connectivity index (χ0v) is 16.7. The normalized spacial score (nSPS) is 18.1. The summed E-state index contributed by atoms with van der Waals surface area (Å²) in [6.45, 7) is 3.26. The second kappa shape index (κ2) is 8.82. The number of pyridine rings is 1. The monoisotopic (exact) mass is 392 g/mol. The number of amides is 1. The van der Waals surface area contributed by atoms with Gasteiger partial charge < -0.3 is 4.90 Å². The number of sulfone groups is 1. The van der Waals surface area contributed by atoms with Crippen molar-refractivity contribution in [2.75, 3.05) is 24.6 Å². The predicted molar refractivity (Wildman–Crippen MR) is 104 cm³/mol. The molecule has 3 rings (SSSR count). The van der Waals surface area contributed by atoms with Crippen molar-refractivity contribution in [2.24, 2.45) is 5.92 Å². The van der Waals surface area contributed by atoms with E-state index < -0.39 is 9.84 Å². The molecule has 8 heteroatoms. The molecule has 1 saturated heterocycles. The summed E-state index contributed by atoms with van der Waals surface area (Å²) in [7, 11) is -3.32. The van der Waals surface area contributed by atoms with E-state index in [0.717, 1.165) is 43.6 Å². The number of piperidine rings is 1. The van der Waals surface area contributed by atoms with Gasteiger partial charge >= 0.3 is 0 Å². The van der Waals surface area contributed by atoms with Crippen LogP contribution in [0.4, 0.5) is 0 Å². The highest BCUT2D eigenvalue weighted by molar-refractivity contribution is 7.92. The fourth-order valence-electron chi connectivity index (χ4n) is 3.67. The van der Waals surface area contributed by atoms with E-state index in [2.05, 4.69) is 10.2 Å². The fraction of sp³-hybridized carbons (Fsp3) is 0.632. The summed E-state index contributed by atoms with van der Waals surface area (Å²) in [5, 5.41) is 8.45. The van der Waals surface area contributed by atoms with Crippen molar-refractivity contribution < 1.29 is 13.2 Å². The van der Waals surface area contributed by atoms with Gasteiger partial charge in [-0.25, -0.2) is 8.42 Å². The lowest BCUT2D eigenvalue weighted by Gasteiger charge is -2.32. The third-order valence-corrected chi connectivity index (χ3v) is 6.73. The number of fused-ring (bicyclic) bond motifs is 1. The summed E-state index contributed by atoms with van der Waals surface area (Å²) >= 11 is 0. The predicted octanol–water partition coefficient (Wildman–Crippen LogP) is 2.12. The molecule has 0 aromatic carbocycles. The standard InChI is InChI=1S/C19H28N4O3S/c1-2-3-6-12-27(25,26)15-19(24)22-10-7-8-16(14-22)13-18-21-20-17-9-4-5-11-23(17)18/h4-5,9,11,16H,2-3,6-8,10,12-15H2,1H3. The number of carbonyl (C=O) groups excluding carboxylic acids is 1. The molecule has 148 valence electrons. The van der Waals surface area contributed by atoms with Crippen LogP contribution in [0.3, 0.4) is 0 Å². The number of rotatable bonds is 8. The molecular weight excluding hydrogens is 364 g/mol. The topological polar surface area (TPSA) is 84.6 Å². The van der Waals surface area contributed by atoms with E-state index in [4.69, 9.17) is 0 Å². The number of nitrogens with zero attached hydrogens (tertiary/aromatic N) is 4. The number of unbranched alkanes of at least 4 members (excludes halogenated alkanes) is 2. The lowest BCUT2D eigenvalue weighted by Crippen LogP contribution is -2.43. The van der Waals surface area contributed by atoms with Gasteiger partial charge in [0.15, 0.2) is 15.5 Å². The molecule has 0 N–H and O–H groups in total. The molecule has 0 spiro atoms. The Balaban J connectivity index is 1.58. The van der Waals surface area contributed by atoms with E-state index in [1.54, 1.807) is 4.90 Å². The first kappa shape index (κ1) is 19.8. The maximum atomic E-state index is 12.5. The van der Waals surface area contributed by atoms with E-state index in [1.165, 1.54) is 0 Å². The summed E-state index contributed by atoms with van der Waals surface area (Å²) in [6, 6.07) is 5.78. The quantitative estimate of drug-likeness (QED) is 0.643. The van der Waals surface area contributed by atoms with Crippen molar-refractivity contribution in [2.45, 2.75) is 45.4 Å². The van der Waals surface area contributed by atoms with Crippen LogP contribution >= 0.6 is 0 Å². The average Bonchev–Trinajstić information content (AvgIpc) is 3.05. The van der Waals surface area contributed by atoms with Crippen LogP contribution in [0.2, 0.25) is 0 Å². The molecule has 7 nitrogen and oxygen atoms in total. The molecular formula is C19H28N4O3S. The molecule has 1 aliphatic heterocycles. The van der Waals surface area contributed by atoms with Gasteiger partial charge in [0.2, 0.25) is 5.91 Å². The van der Waals surface area contributed by atoms with Gasteiger partial charge in [0.05, 0.1) is 5.75 Å². The molecule has 2 aromatic rings. The second-order valence-corrected chi connectivity index (χ2v) is 9.58. The lowest BCUT2D eigenvalue weighted by molar-refractivity contribution is -0.130. The Bertz CT molecular complexity index is 878. The molecule has 1 aliphatic rings. The van der Waals surface area contributed by atoms with Crippen LogP contribution in [0, 0.1) is 5.92 Å². The van der Waals surface area contributed by atoms with E-state index >= 15 is 0 Å². The Morgan fingerprint density at radius 2 is 2.11 bits per heavy atom. The van der Waals surface area contributed by atoms with Crippen LogP contribution < -0.4 is 0 Å². The van der Waals surface area contributed by atoms with E-state index in [9.17, 15) is 13.2 Å². The number of hydrogen-bond acceptors (Lipinski definition) is 5. The third-order valence-electron chi connectivity index (χ3n) is 5.13. The fourth-order valence-corrected chi connectivity index (χ4v) is 5.02. The number of hydrogen-bond donors (Lipinski definition) is 0. The molecule has 3 heterocycles. The van der Waals surface area contributed by atoms with Crippen LogP contribution in [0.15, 0.2) is 24.4 Å². The van der Waals surface area contributed by atoms with Gasteiger partial charge in [-0.3, -0.25) is 9.20 Å². The molecule has 27 heavy (non-hydrogen) atoms. The summed E-state index contributed by atoms with van der Waals surface area (Å²) in [6.07, 6.45) is 7.06. The Morgan fingerprint density at radius 3 is 2.93 bits per heavy atom. The summed E-state index contributed by atoms with van der Waals surface area (Å²) in [5.74, 6) is 0.643. The Morgan fingerprint density at radius 1 is 1.26 bits per heavy atom. The molecule has 1 atom stereocenters. The molecule has 0 aliphatic carbocycles. The highest BCUT2D eigenvalue weighted by Crippen LogP contribution is 2.21. The molecule has 0 bridgehead atoms. The van der Waals surface area contributed by atoms with Gasteiger partial charge in [-0.05, 0) is 37.3 Å². The minimum absolute atomic E-state index is 0.107. The lowest BCUT2D eigenvalue weighted by atomic mass is 9.94. The zero-order chi connectivity index (χ0) is 19.3. The smallest absolute Gasteiger partial charge is 0.237 e. The van der Waals surface area contributed by atoms with Crippen molar-refractivity contribution in [3.8, 4) is 0 Å². The molecule has 1 fully saturated rings. The van der Waals surface area contributed by atoms with Crippen molar-refractivity contribution >= 4 is 21.4 Å². The Hall–Kier alpha value is -1.96. The minimum atomic E-state index is -3.32. The minimum Gasteiger partial charge on any atom is -0.342 e. The van der Waals surface area contributed by atoms with Gasteiger partial charge in [-0.15, -0.1) is 10.2 Å². The number of aromatic nitrogens is 3. The highest BCUT2D eigenvalue weighted by Gasteiger charge is 2.27. The maximum Gasteiger partial charge on any atom is 0.237 e. The van der Waals surface area contributed by atoms with Crippen LogP contribution in [-0.2, 0) is 21.1 Å². The Labute approximate surface area is 160 Å². The molecule has 0 saturated carbocycles.